The maximum absolute atomic E-state index is 4.52. The van der Waals surface area contributed by atoms with E-state index in [-0.39, 0.29) is 6.04 Å². The first-order valence-electron chi connectivity index (χ1n) is 11.7. The maximum atomic E-state index is 4.52. The standard InChI is InChI=1S/C24H32N6S/c1-3-8-20(9-4-1)13-14-30-24(25-26-27-30)23(22-12-7-19-31-22)29-17-15-28(16-18-29)21-10-5-2-6-11-21/h1,3-4,7-9,12,19,21,23H,2,5-6,10-11,13-18H2. The molecule has 1 aliphatic heterocycles. The van der Waals surface area contributed by atoms with Crippen molar-refractivity contribution < 1.29 is 0 Å². The number of piperazine rings is 1. The van der Waals surface area contributed by atoms with Crippen LogP contribution >= 0.6 is 11.3 Å². The molecule has 5 rings (SSSR count). The van der Waals surface area contributed by atoms with E-state index in [0.717, 1.165) is 51.0 Å². The highest BCUT2D eigenvalue weighted by Crippen LogP contribution is 2.32. The zero-order valence-corrected chi connectivity index (χ0v) is 19.0. The van der Waals surface area contributed by atoms with Gasteiger partial charge in [-0.25, -0.2) is 4.68 Å². The van der Waals surface area contributed by atoms with Crippen molar-refractivity contribution in [3.8, 4) is 0 Å². The molecule has 31 heavy (non-hydrogen) atoms. The molecule has 1 aromatic carbocycles. The van der Waals surface area contributed by atoms with E-state index in [1.54, 1.807) is 0 Å². The predicted molar refractivity (Wildman–Crippen MR) is 124 cm³/mol. The van der Waals surface area contributed by atoms with Crippen LogP contribution in [0.2, 0.25) is 0 Å². The third-order valence-electron chi connectivity index (χ3n) is 6.88. The fourth-order valence-electron chi connectivity index (χ4n) is 5.17. The summed E-state index contributed by atoms with van der Waals surface area (Å²) in [6.07, 6.45) is 7.92. The Hall–Kier alpha value is -2.09. The van der Waals surface area contributed by atoms with Gasteiger partial charge in [0.05, 0.1) is 0 Å². The summed E-state index contributed by atoms with van der Waals surface area (Å²) in [6.45, 7) is 5.25. The molecule has 0 spiro atoms. The number of thiophene rings is 1. The smallest absolute Gasteiger partial charge is 0.173 e. The summed E-state index contributed by atoms with van der Waals surface area (Å²) in [7, 11) is 0. The number of hydrogen-bond acceptors (Lipinski definition) is 6. The number of tetrazole rings is 1. The Kier molecular flexibility index (Phi) is 6.72. The zero-order chi connectivity index (χ0) is 20.9. The van der Waals surface area contributed by atoms with Crippen LogP contribution in [0.1, 0.15) is 54.4 Å². The molecule has 2 aliphatic rings. The van der Waals surface area contributed by atoms with E-state index in [9.17, 15) is 0 Å². The largest absolute Gasteiger partial charge is 0.298 e. The van der Waals surface area contributed by atoms with Gasteiger partial charge in [0.25, 0.3) is 0 Å². The maximum Gasteiger partial charge on any atom is 0.173 e. The third-order valence-corrected chi connectivity index (χ3v) is 7.80. The van der Waals surface area contributed by atoms with Gasteiger partial charge in [0, 0.05) is 43.6 Å². The Balaban J connectivity index is 1.31. The molecule has 1 saturated heterocycles. The fraction of sp³-hybridized carbons (Fsp3) is 0.542. The topological polar surface area (TPSA) is 50.1 Å². The minimum atomic E-state index is 0.138. The van der Waals surface area contributed by atoms with Crippen molar-refractivity contribution in [3.63, 3.8) is 0 Å². The molecule has 0 bridgehead atoms. The highest BCUT2D eigenvalue weighted by Gasteiger charge is 2.33. The first kappa shape index (κ1) is 20.8. The van der Waals surface area contributed by atoms with Gasteiger partial charge < -0.3 is 0 Å². The van der Waals surface area contributed by atoms with Crippen LogP contribution in [-0.4, -0.2) is 62.2 Å². The van der Waals surface area contributed by atoms with Crippen LogP contribution in [0.15, 0.2) is 47.8 Å². The summed E-state index contributed by atoms with van der Waals surface area (Å²) in [6, 6.07) is 15.9. The van der Waals surface area contributed by atoms with Crippen molar-refractivity contribution in [1.82, 2.24) is 30.0 Å². The third kappa shape index (κ3) is 4.89. The number of aromatic nitrogens is 4. The van der Waals surface area contributed by atoms with Crippen LogP contribution in [0.25, 0.3) is 0 Å². The van der Waals surface area contributed by atoms with Crippen LogP contribution in [0.5, 0.6) is 0 Å². The van der Waals surface area contributed by atoms with Gasteiger partial charge in [0.1, 0.15) is 6.04 Å². The highest BCUT2D eigenvalue weighted by molar-refractivity contribution is 7.10. The lowest BCUT2D eigenvalue weighted by atomic mass is 9.93. The summed E-state index contributed by atoms with van der Waals surface area (Å²) in [5.41, 5.74) is 1.32. The first-order chi connectivity index (χ1) is 15.4. The van der Waals surface area contributed by atoms with Gasteiger partial charge in [-0.3, -0.25) is 9.80 Å². The minimum absolute atomic E-state index is 0.138. The van der Waals surface area contributed by atoms with E-state index in [1.807, 2.05) is 16.0 Å². The van der Waals surface area contributed by atoms with Gasteiger partial charge in [-0.05, 0) is 46.7 Å². The van der Waals surface area contributed by atoms with E-state index in [0.29, 0.717) is 0 Å². The van der Waals surface area contributed by atoms with Gasteiger partial charge in [0.15, 0.2) is 5.82 Å². The average Bonchev–Trinajstić information content (AvgIpc) is 3.53. The molecule has 0 radical (unpaired) electrons. The summed E-state index contributed by atoms with van der Waals surface area (Å²) in [4.78, 5) is 6.66. The number of aryl methyl sites for hydroxylation is 2. The predicted octanol–water partition coefficient (Wildman–Crippen LogP) is 4.02. The molecule has 1 unspecified atom stereocenters. The first-order valence-corrected chi connectivity index (χ1v) is 12.6. The molecule has 3 aromatic rings. The van der Waals surface area contributed by atoms with Crippen molar-refractivity contribution in [1.29, 1.82) is 0 Å². The molecular formula is C24H32N6S. The van der Waals surface area contributed by atoms with Gasteiger partial charge in [-0.2, -0.15) is 0 Å². The van der Waals surface area contributed by atoms with Gasteiger partial charge >= 0.3 is 0 Å². The van der Waals surface area contributed by atoms with Crippen molar-refractivity contribution >= 4 is 11.3 Å². The Morgan fingerprint density at radius 3 is 2.48 bits per heavy atom. The van der Waals surface area contributed by atoms with E-state index in [2.05, 4.69) is 73.2 Å². The number of rotatable bonds is 7. The molecule has 0 N–H and O–H groups in total. The lowest BCUT2D eigenvalue weighted by Crippen LogP contribution is -2.51. The number of benzene rings is 1. The van der Waals surface area contributed by atoms with E-state index < -0.39 is 0 Å². The number of nitrogens with zero attached hydrogens (tertiary/aromatic N) is 6. The second-order valence-corrected chi connectivity index (χ2v) is 9.76. The lowest BCUT2D eigenvalue weighted by molar-refractivity contribution is 0.0627. The monoisotopic (exact) mass is 436 g/mol. The van der Waals surface area contributed by atoms with Crippen LogP contribution in [0.4, 0.5) is 0 Å². The quantitative estimate of drug-likeness (QED) is 0.560. The summed E-state index contributed by atoms with van der Waals surface area (Å²) in [5, 5.41) is 15.1. The van der Waals surface area contributed by atoms with Gasteiger partial charge in [0.2, 0.25) is 0 Å². The van der Waals surface area contributed by atoms with Crippen LogP contribution in [-0.2, 0) is 13.0 Å². The van der Waals surface area contributed by atoms with E-state index in [4.69, 9.17) is 0 Å². The van der Waals surface area contributed by atoms with Crippen molar-refractivity contribution in [3.05, 3.63) is 64.1 Å². The molecule has 3 heterocycles. The minimum Gasteiger partial charge on any atom is -0.298 e. The summed E-state index contributed by atoms with van der Waals surface area (Å²) < 4.78 is 2.02. The second-order valence-electron chi connectivity index (χ2n) is 8.78. The van der Waals surface area contributed by atoms with Gasteiger partial charge in [-0.15, -0.1) is 16.4 Å². The van der Waals surface area contributed by atoms with Crippen molar-refractivity contribution in [2.45, 2.75) is 57.2 Å². The Labute approximate surface area is 188 Å². The second kappa shape index (κ2) is 10.0. The molecule has 6 nitrogen and oxygen atoms in total. The van der Waals surface area contributed by atoms with Crippen LogP contribution in [0.3, 0.4) is 0 Å². The Bertz CT molecular complexity index is 911. The normalized spacial score (nSPS) is 20.1. The van der Waals surface area contributed by atoms with Gasteiger partial charge in [-0.1, -0.05) is 55.7 Å². The van der Waals surface area contributed by atoms with E-state index in [1.165, 1.54) is 42.5 Å². The molecular weight excluding hydrogens is 404 g/mol. The molecule has 1 saturated carbocycles. The molecule has 1 aliphatic carbocycles. The lowest BCUT2D eigenvalue weighted by Gasteiger charge is -2.42. The molecule has 2 aromatic heterocycles. The number of hydrogen-bond donors (Lipinski definition) is 0. The van der Waals surface area contributed by atoms with Crippen LogP contribution < -0.4 is 0 Å². The fourth-order valence-corrected chi connectivity index (χ4v) is 6.03. The molecule has 164 valence electrons. The molecule has 2 fully saturated rings. The van der Waals surface area contributed by atoms with Crippen molar-refractivity contribution in [2.24, 2.45) is 0 Å². The van der Waals surface area contributed by atoms with E-state index >= 15 is 0 Å². The van der Waals surface area contributed by atoms with Crippen molar-refractivity contribution in [2.75, 3.05) is 26.2 Å². The average molecular weight is 437 g/mol. The summed E-state index contributed by atoms with van der Waals surface area (Å²) >= 11 is 1.81. The van der Waals surface area contributed by atoms with Crippen LogP contribution in [0, 0.1) is 0 Å². The Morgan fingerprint density at radius 1 is 0.935 bits per heavy atom. The SMILES string of the molecule is c1ccc(CCn2nnnc2C(c2cccs2)N2CCN(C3CCCCC3)CC2)cc1. The highest BCUT2D eigenvalue weighted by atomic mass is 32.1. The molecule has 1 atom stereocenters. The Morgan fingerprint density at radius 2 is 1.74 bits per heavy atom. The molecule has 0 amide bonds. The summed E-state index contributed by atoms with van der Waals surface area (Å²) in [5.74, 6) is 0.976. The molecule has 7 heteroatoms. The zero-order valence-electron chi connectivity index (χ0n) is 18.1.